The Morgan fingerprint density at radius 2 is 1.95 bits per heavy atom. The number of rotatable bonds is 1. The molecule has 22 heavy (non-hydrogen) atoms. The summed E-state index contributed by atoms with van der Waals surface area (Å²) in [6, 6.07) is 19.8. The number of hydrogen-bond acceptors (Lipinski definition) is 2. The van der Waals surface area contributed by atoms with E-state index in [0.29, 0.717) is 0 Å². The Morgan fingerprint density at radius 1 is 1.14 bits per heavy atom. The van der Waals surface area contributed by atoms with Crippen LogP contribution in [0.2, 0.25) is 0 Å². The van der Waals surface area contributed by atoms with Gasteiger partial charge in [-0.15, -0.1) is 0 Å². The van der Waals surface area contributed by atoms with Crippen molar-refractivity contribution in [3.63, 3.8) is 0 Å². The molecule has 0 radical (unpaired) electrons. The van der Waals surface area contributed by atoms with E-state index in [1.165, 1.54) is 27.8 Å². The third-order valence-corrected chi connectivity index (χ3v) is 4.81. The fraction of sp³-hybridized carbons (Fsp3) is 0.250. The van der Waals surface area contributed by atoms with Crippen molar-refractivity contribution in [2.75, 3.05) is 13.1 Å². The van der Waals surface area contributed by atoms with Crippen LogP contribution in [0.4, 0.5) is 0 Å². The first-order chi connectivity index (χ1) is 10.8. The van der Waals surface area contributed by atoms with E-state index in [1.54, 1.807) is 0 Å². The molecule has 4 rings (SSSR count). The molecule has 0 N–H and O–H groups in total. The molecule has 0 bridgehead atoms. The number of fused-ring (bicyclic) bond motifs is 3. The SMILES string of the molecule is Cc1ccc2c(c1)C1C(c3ccccc3)=C(C#N)CN1CC2. The second-order valence-electron chi connectivity index (χ2n) is 6.20. The summed E-state index contributed by atoms with van der Waals surface area (Å²) in [5.41, 5.74) is 7.41. The zero-order chi connectivity index (χ0) is 15.1. The van der Waals surface area contributed by atoms with Crippen molar-refractivity contribution in [2.24, 2.45) is 0 Å². The zero-order valence-corrected chi connectivity index (χ0v) is 12.7. The van der Waals surface area contributed by atoms with Crippen LogP contribution in [0.15, 0.2) is 54.1 Å². The van der Waals surface area contributed by atoms with Crippen LogP contribution < -0.4 is 0 Å². The maximum Gasteiger partial charge on any atom is 0.0964 e. The zero-order valence-electron chi connectivity index (χ0n) is 12.7. The quantitative estimate of drug-likeness (QED) is 0.795. The average Bonchev–Trinajstić information content (AvgIpc) is 2.94. The fourth-order valence-electron chi connectivity index (χ4n) is 3.79. The largest absolute Gasteiger partial charge is 0.287 e. The molecule has 2 aliphatic heterocycles. The highest BCUT2D eigenvalue weighted by Crippen LogP contribution is 2.46. The van der Waals surface area contributed by atoms with Gasteiger partial charge in [-0.25, -0.2) is 0 Å². The van der Waals surface area contributed by atoms with Crippen LogP contribution in [0.25, 0.3) is 5.57 Å². The van der Waals surface area contributed by atoms with Crippen LogP contribution in [0.3, 0.4) is 0 Å². The first-order valence-corrected chi connectivity index (χ1v) is 7.80. The number of aryl methyl sites for hydroxylation is 1. The summed E-state index contributed by atoms with van der Waals surface area (Å²) < 4.78 is 0. The summed E-state index contributed by atoms with van der Waals surface area (Å²) in [6.07, 6.45) is 1.08. The van der Waals surface area contributed by atoms with Crippen LogP contribution in [-0.2, 0) is 6.42 Å². The van der Waals surface area contributed by atoms with E-state index >= 15 is 0 Å². The first-order valence-electron chi connectivity index (χ1n) is 7.80. The van der Waals surface area contributed by atoms with Crippen molar-refractivity contribution in [1.29, 1.82) is 5.26 Å². The summed E-state index contributed by atoms with van der Waals surface area (Å²) in [7, 11) is 0. The van der Waals surface area contributed by atoms with Crippen LogP contribution in [0, 0.1) is 18.3 Å². The number of benzene rings is 2. The molecule has 0 saturated heterocycles. The van der Waals surface area contributed by atoms with E-state index in [0.717, 1.165) is 25.1 Å². The van der Waals surface area contributed by atoms with Crippen LogP contribution in [0.1, 0.15) is 28.3 Å². The van der Waals surface area contributed by atoms with Gasteiger partial charge in [0, 0.05) is 18.7 Å². The molecule has 2 heteroatoms. The van der Waals surface area contributed by atoms with Gasteiger partial charge in [0.15, 0.2) is 0 Å². The Bertz CT molecular complexity index is 796. The third-order valence-electron chi connectivity index (χ3n) is 4.81. The Labute approximate surface area is 131 Å². The molecule has 2 aliphatic rings. The van der Waals surface area contributed by atoms with Crippen molar-refractivity contribution in [3.05, 3.63) is 76.4 Å². The Kier molecular flexibility index (Phi) is 3.10. The minimum Gasteiger partial charge on any atom is -0.287 e. The molecule has 0 aliphatic carbocycles. The monoisotopic (exact) mass is 286 g/mol. The van der Waals surface area contributed by atoms with Gasteiger partial charge in [0.2, 0.25) is 0 Å². The van der Waals surface area contributed by atoms with Gasteiger partial charge in [0.1, 0.15) is 0 Å². The second kappa shape index (κ2) is 5.12. The summed E-state index contributed by atoms with van der Waals surface area (Å²) in [4.78, 5) is 2.45. The van der Waals surface area contributed by atoms with E-state index in [2.05, 4.69) is 60.4 Å². The minimum atomic E-state index is 0.237. The van der Waals surface area contributed by atoms with Gasteiger partial charge in [-0.3, -0.25) is 4.90 Å². The lowest BCUT2D eigenvalue weighted by Crippen LogP contribution is -2.32. The summed E-state index contributed by atoms with van der Waals surface area (Å²) in [6.45, 7) is 3.95. The Balaban J connectivity index is 1.91. The normalized spacial score (nSPS) is 20.5. The van der Waals surface area contributed by atoms with Gasteiger partial charge in [0.25, 0.3) is 0 Å². The predicted molar refractivity (Wildman–Crippen MR) is 88.2 cm³/mol. The van der Waals surface area contributed by atoms with Gasteiger partial charge in [0.05, 0.1) is 12.1 Å². The molecule has 1 atom stereocenters. The highest BCUT2D eigenvalue weighted by Gasteiger charge is 2.37. The van der Waals surface area contributed by atoms with Crippen molar-refractivity contribution < 1.29 is 0 Å². The lowest BCUT2D eigenvalue weighted by Gasteiger charge is -2.34. The molecule has 0 aromatic heterocycles. The molecule has 0 saturated carbocycles. The van der Waals surface area contributed by atoms with Crippen molar-refractivity contribution in [1.82, 2.24) is 4.90 Å². The Hall–Kier alpha value is -2.37. The maximum absolute atomic E-state index is 9.61. The van der Waals surface area contributed by atoms with E-state index in [-0.39, 0.29) is 6.04 Å². The van der Waals surface area contributed by atoms with E-state index in [4.69, 9.17) is 0 Å². The van der Waals surface area contributed by atoms with Crippen molar-refractivity contribution >= 4 is 5.57 Å². The van der Waals surface area contributed by atoms with Crippen LogP contribution >= 0.6 is 0 Å². The molecule has 2 nitrogen and oxygen atoms in total. The first kappa shape index (κ1) is 13.3. The minimum absolute atomic E-state index is 0.237. The third kappa shape index (κ3) is 1.98. The summed E-state index contributed by atoms with van der Waals surface area (Å²) in [5.74, 6) is 0. The second-order valence-corrected chi connectivity index (χ2v) is 6.20. The lowest BCUT2D eigenvalue weighted by atomic mass is 9.85. The summed E-state index contributed by atoms with van der Waals surface area (Å²) >= 11 is 0. The predicted octanol–water partition coefficient (Wildman–Crippen LogP) is 3.89. The van der Waals surface area contributed by atoms with Crippen molar-refractivity contribution in [3.8, 4) is 6.07 Å². The topological polar surface area (TPSA) is 27.0 Å². The van der Waals surface area contributed by atoms with Crippen molar-refractivity contribution in [2.45, 2.75) is 19.4 Å². The average molecular weight is 286 g/mol. The lowest BCUT2D eigenvalue weighted by molar-refractivity contribution is 0.265. The highest BCUT2D eigenvalue weighted by molar-refractivity contribution is 5.80. The van der Waals surface area contributed by atoms with Gasteiger partial charge in [-0.05, 0) is 35.6 Å². The molecule has 0 fully saturated rings. The summed E-state index contributed by atoms with van der Waals surface area (Å²) in [5, 5.41) is 9.61. The molecule has 2 aromatic carbocycles. The van der Waals surface area contributed by atoms with E-state index < -0.39 is 0 Å². The van der Waals surface area contributed by atoms with Crippen LogP contribution in [-0.4, -0.2) is 18.0 Å². The maximum atomic E-state index is 9.61. The molecule has 2 aromatic rings. The standard InChI is InChI=1S/C20H18N2/c1-14-7-8-15-9-10-22-13-17(12-21)19(20(22)18(15)11-14)16-5-3-2-4-6-16/h2-8,11,20H,9-10,13H2,1H3. The van der Waals surface area contributed by atoms with E-state index in [1.807, 2.05) is 6.07 Å². The number of nitriles is 1. The molecule has 2 heterocycles. The van der Waals surface area contributed by atoms with Gasteiger partial charge < -0.3 is 0 Å². The molecular weight excluding hydrogens is 268 g/mol. The molecule has 0 amide bonds. The fourth-order valence-corrected chi connectivity index (χ4v) is 3.79. The smallest absolute Gasteiger partial charge is 0.0964 e. The molecule has 1 unspecified atom stereocenters. The molecule has 0 spiro atoms. The van der Waals surface area contributed by atoms with Gasteiger partial charge >= 0.3 is 0 Å². The van der Waals surface area contributed by atoms with E-state index in [9.17, 15) is 5.26 Å². The van der Waals surface area contributed by atoms with Gasteiger partial charge in [-0.1, -0.05) is 54.1 Å². The van der Waals surface area contributed by atoms with Gasteiger partial charge in [-0.2, -0.15) is 5.26 Å². The Morgan fingerprint density at radius 3 is 2.73 bits per heavy atom. The molecule has 108 valence electrons. The molecular formula is C20H18N2. The number of nitrogens with zero attached hydrogens (tertiary/aromatic N) is 2. The van der Waals surface area contributed by atoms with Crippen LogP contribution in [0.5, 0.6) is 0 Å². The number of hydrogen-bond donors (Lipinski definition) is 0. The highest BCUT2D eigenvalue weighted by atomic mass is 15.2.